The van der Waals surface area contributed by atoms with Crippen molar-refractivity contribution in [3.05, 3.63) is 64.2 Å². The van der Waals surface area contributed by atoms with E-state index in [2.05, 4.69) is 0 Å². The van der Waals surface area contributed by atoms with Gasteiger partial charge in [0.2, 0.25) is 0 Å². The minimum Gasteiger partial charge on any atom is -0.484 e. The standard InChI is InChI=1S/C15H9ClF2O2/c16-8-1-4-12(18)11(5-8)15-7-13(19)10-3-2-9(17)6-14(10)20-15/h1-6,15H,7H2. The number of halogens is 3. The Morgan fingerprint density at radius 2 is 1.95 bits per heavy atom. The Kier molecular flexibility index (Phi) is 3.18. The number of Topliss-reactive ketones (excluding diaryl/α,β-unsaturated/α-hetero) is 1. The summed E-state index contributed by atoms with van der Waals surface area (Å²) in [6.07, 6.45) is -0.800. The number of hydrogen-bond acceptors (Lipinski definition) is 2. The van der Waals surface area contributed by atoms with Crippen LogP contribution in [0.1, 0.15) is 28.4 Å². The van der Waals surface area contributed by atoms with Gasteiger partial charge in [-0.15, -0.1) is 0 Å². The van der Waals surface area contributed by atoms with E-state index in [9.17, 15) is 13.6 Å². The lowest BCUT2D eigenvalue weighted by molar-refractivity contribution is 0.0845. The van der Waals surface area contributed by atoms with Crippen LogP contribution in [0.4, 0.5) is 8.78 Å². The van der Waals surface area contributed by atoms with Crippen LogP contribution >= 0.6 is 11.6 Å². The summed E-state index contributed by atoms with van der Waals surface area (Å²) in [6.45, 7) is 0. The highest BCUT2D eigenvalue weighted by Gasteiger charge is 2.29. The average molecular weight is 295 g/mol. The van der Waals surface area contributed by atoms with Crippen LogP contribution in [0.3, 0.4) is 0 Å². The summed E-state index contributed by atoms with van der Waals surface area (Å²) in [5, 5.41) is 0.350. The van der Waals surface area contributed by atoms with Gasteiger partial charge in [-0.25, -0.2) is 8.78 Å². The van der Waals surface area contributed by atoms with Gasteiger partial charge in [0.05, 0.1) is 12.0 Å². The monoisotopic (exact) mass is 294 g/mol. The Hall–Kier alpha value is -1.94. The zero-order valence-electron chi connectivity index (χ0n) is 10.2. The molecule has 2 nitrogen and oxygen atoms in total. The first-order chi connectivity index (χ1) is 9.54. The van der Waals surface area contributed by atoms with E-state index < -0.39 is 17.7 Å². The Morgan fingerprint density at radius 3 is 2.75 bits per heavy atom. The molecule has 0 N–H and O–H groups in total. The highest BCUT2D eigenvalue weighted by Crippen LogP contribution is 2.36. The lowest BCUT2D eigenvalue weighted by Crippen LogP contribution is -2.21. The molecule has 0 bridgehead atoms. The quantitative estimate of drug-likeness (QED) is 0.783. The molecule has 0 radical (unpaired) electrons. The minimum atomic E-state index is -0.796. The SMILES string of the molecule is O=C1CC(c2cc(Cl)ccc2F)Oc2cc(F)ccc21. The van der Waals surface area contributed by atoms with Crippen molar-refractivity contribution in [3.8, 4) is 5.75 Å². The number of ketones is 1. The zero-order chi connectivity index (χ0) is 14.3. The number of rotatable bonds is 1. The van der Waals surface area contributed by atoms with Gasteiger partial charge in [-0.1, -0.05) is 11.6 Å². The third kappa shape index (κ3) is 2.27. The first-order valence-corrected chi connectivity index (χ1v) is 6.37. The van der Waals surface area contributed by atoms with Crippen molar-refractivity contribution in [2.45, 2.75) is 12.5 Å². The van der Waals surface area contributed by atoms with Crippen LogP contribution in [-0.2, 0) is 0 Å². The molecular formula is C15H9ClF2O2. The van der Waals surface area contributed by atoms with Crippen LogP contribution in [0.25, 0.3) is 0 Å². The van der Waals surface area contributed by atoms with Crippen LogP contribution in [0.5, 0.6) is 5.75 Å². The third-order valence-electron chi connectivity index (χ3n) is 3.19. The average Bonchev–Trinajstić information content (AvgIpc) is 2.41. The van der Waals surface area contributed by atoms with Crippen LogP contribution in [0.2, 0.25) is 5.02 Å². The van der Waals surface area contributed by atoms with Crippen molar-refractivity contribution < 1.29 is 18.3 Å². The predicted octanol–water partition coefficient (Wildman–Crippen LogP) is 4.32. The predicted molar refractivity (Wildman–Crippen MR) is 70.1 cm³/mol. The summed E-state index contributed by atoms with van der Waals surface area (Å²) >= 11 is 5.83. The van der Waals surface area contributed by atoms with E-state index in [0.29, 0.717) is 10.6 Å². The maximum absolute atomic E-state index is 13.8. The molecule has 1 atom stereocenters. The smallest absolute Gasteiger partial charge is 0.170 e. The number of carbonyl (C=O) groups is 1. The minimum absolute atomic E-state index is 0.00407. The molecule has 1 aliphatic rings. The molecule has 2 aromatic rings. The van der Waals surface area contributed by atoms with Gasteiger partial charge in [-0.3, -0.25) is 4.79 Å². The Bertz CT molecular complexity index is 700. The molecule has 0 aliphatic carbocycles. The maximum Gasteiger partial charge on any atom is 0.170 e. The van der Waals surface area contributed by atoms with Crippen molar-refractivity contribution >= 4 is 17.4 Å². The van der Waals surface area contributed by atoms with Gasteiger partial charge >= 0.3 is 0 Å². The normalized spacial score (nSPS) is 17.6. The lowest BCUT2D eigenvalue weighted by Gasteiger charge is -2.25. The summed E-state index contributed by atoms with van der Waals surface area (Å²) in [5.41, 5.74) is 0.505. The van der Waals surface area contributed by atoms with Crippen molar-refractivity contribution in [1.82, 2.24) is 0 Å². The fourth-order valence-corrected chi connectivity index (χ4v) is 2.41. The van der Waals surface area contributed by atoms with Gasteiger partial charge < -0.3 is 4.74 Å². The molecule has 0 fully saturated rings. The van der Waals surface area contributed by atoms with Crippen molar-refractivity contribution in [2.75, 3.05) is 0 Å². The largest absolute Gasteiger partial charge is 0.484 e. The molecule has 20 heavy (non-hydrogen) atoms. The second-order valence-corrected chi connectivity index (χ2v) is 4.98. The lowest BCUT2D eigenvalue weighted by atomic mass is 9.96. The van der Waals surface area contributed by atoms with Crippen molar-refractivity contribution in [1.29, 1.82) is 0 Å². The molecule has 1 heterocycles. The van der Waals surface area contributed by atoms with Gasteiger partial charge in [0, 0.05) is 16.7 Å². The second kappa shape index (κ2) is 4.87. The number of hydrogen-bond donors (Lipinski definition) is 0. The third-order valence-corrected chi connectivity index (χ3v) is 3.42. The maximum atomic E-state index is 13.8. The fourth-order valence-electron chi connectivity index (χ4n) is 2.23. The summed E-state index contributed by atoms with van der Waals surface area (Å²) in [4.78, 5) is 12.0. The second-order valence-electron chi connectivity index (χ2n) is 4.54. The topological polar surface area (TPSA) is 26.3 Å². The van der Waals surface area contributed by atoms with Gasteiger partial charge in [-0.05, 0) is 30.3 Å². The molecule has 1 unspecified atom stereocenters. The molecule has 102 valence electrons. The highest BCUT2D eigenvalue weighted by molar-refractivity contribution is 6.30. The highest BCUT2D eigenvalue weighted by atomic mass is 35.5. The molecule has 0 saturated carbocycles. The molecule has 2 aromatic carbocycles. The van der Waals surface area contributed by atoms with Gasteiger partial charge in [0.25, 0.3) is 0 Å². The molecule has 0 aromatic heterocycles. The van der Waals surface area contributed by atoms with Crippen LogP contribution in [-0.4, -0.2) is 5.78 Å². The van der Waals surface area contributed by atoms with Gasteiger partial charge in [-0.2, -0.15) is 0 Å². The molecule has 0 spiro atoms. The molecule has 1 aliphatic heterocycles. The van der Waals surface area contributed by atoms with E-state index in [1.807, 2.05) is 0 Å². The van der Waals surface area contributed by atoms with Crippen LogP contribution in [0.15, 0.2) is 36.4 Å². The number of fused-ring (bicyclic) bond motifs is 1. The number of carbonyl (C=O) groups excluding carboxylic acids is 1. The molecule has 5 heteroatoms. The first-order valence-electron chi connectivity index (χ1n) is 5.99. The number of ether oxygens (including phenoxy) is 1. The van der Waals surface area contributed by atoms with Crippen LogP contribution in [0, 0.1) is 11.6 Å². The van der Waals surface area contributed by atoms with Gasteiger partial charge in [0.1, 0.15) is 23.5 Å². The van der Waals surface area contributed by atoms with E-state index >= 15 is 0 Å². The van der Waals surface area contributed by atoms with E-state index in [1.165, 1.54) is 30.3 Å². The Balaban J connectivity index is 2.02. The zero-order valence-corrected chi connectivity index (χ0v) is 11.0. The van der Waals surface area contributed by atoms with Crippen LogP contribution < -0.4 is 4.74 Å². The van der Waals surface area contributed by atoms with E-state index in [-0.39, 0.29) is 23.5 Å². The summed E-state index contributed by atoms with van der Waals surface area (Å²) in [6, 6.07) is 7.74. The first kappa shape index (κ1) is 13.1. The fraction of sp³-hybridized carbons (Fsp3) is 0.133. The molecular weight excluding hydrogens is 286 g/mol. The molecule has 0 amide bonds. The summed E-state index contributed by atoms with van der Waals surface area (Å²) in [7, 11) is 0. The summed E-state index contributed by atoms with van der Waals surface area (Å²) in [5.74, 6) is -1.10. The Labute approximate surface area is 118 Å². The van der Waals surface area contributed by atoms with E-state index in [1.54, 1.807) is 0 Å². The molecule has 3 rings (SSSR count). The molecule has 0 saturated heterocycles. The number of benzene rings is 2. The van der Waals surface area contributed by atoms with Crippen molar-refractivity contribution in [2.24, 2.45) is 0 Å². The van der Waals surface area contributed by atoms with Crippen molar-refractivity contribution in [3.63, 3.8) is 0 Å². The van der Waals surface area contributed by atoms with E-state index in [4.69, 9.17) is 16.3 Å². The summed E-state index contributed by atoms with van der Waals surface area (Å²) < 4.78 is 32.6. The van der Waals surface area contributed by atoms with E-state index in [0.717, 1.165) is 6.07 Å². The van der Waals surface area contributed by atoms with Gasteiger partial charge in [0.15, 0.2) is 5.78 Å². The Morgan fingerprint density at radius 1 is 1.15 bits per heavy atom.